The summed E-state index contributed by atoms with van der Waals surface area (Å²) in [5.74, 6) is 0.802. The molecule has 1 aromatic rings. The fourth-order valence-corrected chi connectivity index (χ4v) is 2.80. The first-order chi connectivity index (χ1) is 10.7. The summed E-state index contributed by atoms with van der Waals surface area (Å²) in [5.41, 5.74) is 0.445. The fraction of sp³-hybridized carbons (Fsp3) is 0.500. The quantitative estimate of drug-likeness (QED) is 0.899. The molecule has 6 heteroatoms. The van der Waals surface area contributed by atoms with Crippen LogP contribution in [0.3, 0.4) is 0 Å². The van der Waals surface area contributed by atoms with Crippen molar-refractivity contribution in [3.05, 3.63) is 23.8 Å². The van der Waals surface area contributed by atoms with E-state index in [0.29, 0.717) is 30.4 Å². The second-order valence-electron chi connectivity index (χ2n) is 5.58. The summed E-state index contributed by atoms with van der Waals surface area (Å²) in [6, 6.07) is 4.79. The molecule has 0 spiro atoms. The fourth-order valence-electron chi connectivity index (χ4n) is 2.80. The second kappa shape index (κ2) is 6.68. The van der Waals surface area contributed by atoms with E-state index in [4.69, 9.17) is 9.47 Å². The molecule has 1 heterocycles. The largest absolute Gasteiger partial charge is 0.507 e. The Morgan fingerprint density at radius 1 is 1.32 bits per heavy atom. The summed E-state index contributed by atoms with van der Waals surface area (Å²) < 4.78 is 10.6. The Bertz CT molecular complexity index is 580. The van der Waals surface area contributed by atoms with Gasteiger partial charge in [-0.2, -0.15) is 0 Å². The van der Waals surface area contributed by atoms with Gasteiger partial charge >= 0.3 is 6.09 Å². The standard InChI is InChI=1S/C16H20N2O4/c19-14-7-6-12(10-13(14)15-17-8-9-21-15)22-16(20)18-11-4-2-1-3-5-11/h6-7,10-11,19H,1-5,8-9H2,(H,18,20)/i16-1. The number of nitrogens with zero attached hydrogens (tertiary/aromatic N) is 1. The molecule has 6 nitrogen and oxygen atoms in total. The van der Waals surface area contributed by atoms with Crippen LogP contribution in [0.5, 0.6) is 11.5 Å². The number of amides is 1. The maximum atomic E-state index is 11.9. The maximum absolute atomic E-state index is 11.9. The maximum Gasteiger partial charge on any atom is 0.412 e. The van der Waals surface area contributed by atoms with Gasteiger partial charge in [0.1, 0.15) is 18.1 Å². The van der Waals surface area contributed by atoms with E-state index < -0.39 is 6.09 Å². The minimum absolute atomic E-state index is 0.0562. The summed E-state index contributed by atoms with van der Waals surface area (Å²) in [7, 11) is 0. The molecule has 0 unspecified atom stereocenters. The Balaban J connectivity index is 1.64. The molecule has 0 radical (unpaired) electrons. The van der Waals surface area contributed by atoms with Crippen molar-refractivity contribution in [2.75, 3.05) is 13.2 Å². The minimum Gasteiger partial charge on any atom is -0.507 e. The highest BCUT2D eigenvalue weighted by atomic mass is 16.5. The number of benzene rings is 1. The molecular weight excluding hydrogens is 283 g/mol. The Morgan fingerprint density at radius 2 is 2.14 bits per heavy atom. The molecule has 3 rings (SSSR count). The van der Waals surface area contributed by atoms with Crippen LogP contribution in [-0.4, -0.2) is 36.3 Å². The Hall–Kier alpha value is -2.24. The lowest BCUT2D eigenvalue weighted by Gasteiger charge is -2.22. The molecule has 1 aliphatic carbocycles. The van der Waals surface area contributed by atoms with Gasteiger partial charge < -0.3 is 19.9 Å². The van der Waals surface area contributed by atoms with E-state index in [0.717, 1.165) is 25.7 Å². The molecular formula is C16H20N2O4. The number of aliphatic imine (C=N–C) groups is 1. The zero-order chi connectivity index (χ0) is 15.4. The highest BCUT2D eigenvalue weighted by Crippen LogP contribution is 2.25. The third-order valence-electron chi connectivity index (χ3n) is 3.92. The van der Waals surface area contributed by atoms with E-state index in [9.17, 15) is 9.90 Å². The number of carbonyl (C=O) groups is 1. The van der Waals surface area contributed by atoms with E-state index in [2.05, 4.69) is 10.3 Å². The SMILES string of the molecule is O=[11C](NC1CCCCC1)Oc1ccc(O)c(C2=NCCO2)c1. The molecule has 1 saturated carbocycles. The summed E-state index contributed by atoms with van der Waals surface area (Å²) in [6.45, 7) is 1.07. The second-order valence-corrected chi connectivity index (χ2v) is 5.58. The lowest BCUT2D eigenvalue weighted by molar-refractivity contribution is 0.192. The number of ether oxygens (including phenoxy) is 2. The van der Waals surface area contributed by atoms with E-state index in [1.54, 1.807) is 12.1 Å². The van der Waals surface area contributed by atoms with Crippen LogP contribution in [0.4, 0.5) is 4.79 Å². The van der Waals surface area contributed by atoms with Crippen molar-refractivity contribution < 1.29 is 19.4 Å². The Labute approximate surface area is 129 Å². The molecule has 2 aliphatic rings. The van der Waals surface area contributed by atoms with Gasteiger partial charge in [0.25, 0.3) is 0 Å². The number of rotatable bonds is 3. The van der Waals surface area contributed by atoms with Crippen molar-refractivity contribution in [2.45, 2.75) is 38.1 Å². The van der Waals surface area contributed by atoms with E-state index in [-0.39, 0.29) is 11.8 Å². The minimum atomic E-state index is -0.460. The highest BCUT2D eigenvalue weighted by Gasteiger charge is 2.19. The van der Waals surface area contributed by atoms with Crippen molar-refractivity contribution >= 4 is 12.0 Å². The molecule has 1 aliphatic heterocycles. The summed E-state index contributed by atoms with van der Waals surface area (Å²) in [5, 5.41) is 12.8. The van der Waals surface area contributed by atoms with Crippen molar-refractivity contribution in [1.82, 2.24) is 5.32 Å². The van der Waals surface area contributed by atoms with Crippen LogP contribution in [-0.2, 0) is 4.74 Å². The third kappa shape index (κ3) is 3.50. The topological polar surface area (TPSA) is 80.2 Å². The number of phenols is 1. The van der Waals surface area contributed by atoms with Gasteiger partial charge in [0.2, 0.25) is 5.90 Å². The van der Waals surface area contributed by atoms with E-state index in [1.165, 1.54) is 12.5 Å². The first kappa shape index (κ1) is 14.7. The van der Waals surface area contributed by atoms with Crippen molar-refractivity contribution in [3.63, 3.8) is 0 Å². The average molecular weight is 303 g/mol. The number of hydrogen-bond donors (Lipinski definition) is 2. The predicted molar refractivity (Wildman–Crippen MR) is 81.5 cm³/mol. The zero-order valence-corrected chi connectivity index (χ0v) is 12.4. The molecule has 0 saturated heterocycles. The Kier molecular flexibility index (Phi) is 4.46. The number of hydrogen-bond acceptors (Lipinski definition) is 5. The van der Waals surface area contributed by atoms with Crippen LogP contribution < -0.4 is 10.1 Å². The van der Waals surface area contributed by atoms with Gasteiger partial charge in [-0.1, -0.05) is 19.3 Å². The molecule has 0 bridgehead atoms. The van der Waals surface area contributed by atoms with Crippen LogP contribution in [0.15, 0.2) is 23.2 Å². The lowest BCUT2D eigenvalue weighted by Crippen LogP contribution is -2.38. The normalized spacial score (nSPS) is 18.5. The van der Waals surface area contributed by atoms with Gasteiger partial charge in [-0.3, -0.25) is 0 Å². The lowest BCUT2D eigenvalue weighted by atomic mass is 9.94. The number of carbonyl (C=O) groups excluding carboxylic acids is 1. The van der Waals surface area contributed by atoms with Crippen molar-refractivity contribution in [3.8, 4) is 11.5 Å². The third-order valence-corrected chi connectivity index (χ3v) is 3.92. The van der Waals surface area contributed by atoms with Gasteiger partial charge in [-0.05, 0) is 31.0 Å². The van der Waals surface area contributed by atoms with Crippen LogP contribution >= 0.6 is 0 Å². The molecule has 22 heavy (non-hydrogen) atoms. The molecule has 118 valence electrons. The monoisotopic (exact) mass is 303 g/mol. The van der Waals surface area contributed by atoms with Gasteiger partial charge in [0.15, 0.2) is 0 Å². The van der Waals surface area contributed by atoms with Gasteiger partial charge in [0, 0.05) is 6.04 Å². The molecule has 0 aromatic heterocycles. The van der Waals surface area contributed by atoms with Gasteiger partial charge in [-0.25, -0.2) is 9.79 Å². The number of nitrogens with one attached hydrogen (secondary N) is 1. The van der Waals surface area contributed by atoms with E-state index in [1.807, 2.05) is 0 Å². The zero-order valence-electron chi connectivity index (χ0n) is 12.4. The van der Waals surface area contributed by atoms with Gasteiger partial charge in [0.05, 0.1) is 12.1 Å². The summed E-state index contributed by atoms with van der Waals surface area (Å²) in [4.78, 5) is 16.1. The van der Waals surface area contributed by atoms with Crippen LogP contribution in [0.25, 0.3) is 0 Å². The molecule has 1 fully saturated rings. The molecule has 0 atom stereocenters. The Morgan fingerprint density at radius 3 is 2.86 bits per heavy atom. The number of phenolic OH excluding ortho intramolecular Hbond substituents is 1. The first-order valence-corrected chi connectivity index (χ1v) is 7.71. The average Bonchev–Trinajstić information content (AvgIpc) is 3.04. The molecule has 1 amide bonds. The molecule has 1 aromatic carbocycles. The summed E-state index contributed by atoms with van der Waals surface area (Å²) in [6.07, 6.45) is 5.06. The predicted octanol–water partition coefficient (Wildman–Crippen LogP) is 2.59. The van der Waals surface area contributed by atoms with Crippen molar-refractivity contribution in [2.24, 2.45) is 4.99 Å². The van der Waals surface area contributed by atoms with Crippen molar-refractivity contribution in [1.29, 1.82) is 0 Å². The van der Waals surface area contributed by atoms with Crippen LogP contribution in [0.1, 0.15) is 37.7 Å². The van der Waals surface area contributed by atoms with E-state index >= 15 is 0 Å². The highest BCUT2D eigenvalue weighted by molar-refractivity contribution is 5.98. The number of aromatic hydroxyl groups is 1. The summed E-state index contributed by atoms with van der Waals surface area (Å²) >= 11 is 0. The van der Waals surface area contributed by atoms with Gasteiger partial charge in [-0.15, -0.1) is 0 Å². The molecule has 2 N–H and O–H groups in total. The first-order valence-electron chi connectivity index (χ1n) is 7.71. The smallest absolute Gasteiger partial charge is 0.412 e. The van der Waals surface area contributed by atoms with Crippen LogP contribution in [0, 0.1) is 0 Å². The van der Waals surface area contributed by atoms with Crippen LogP contribution in [0.2, 0.25) is 0 Å².